The number of hydrogen-bond donors (Lipinski definition) is 1. The first-order chi connectivity index (χ1) is 10.6. The fraction of sp³-hybridized carbons (Fsp3) is 0.250. The van der Waals surface area contributed by atoms with Gasteiger partial charge in [-0.2, -0.15) is 0 Å². The molecule has 0 aliphatic carbocycles. The van der Waals surface area contributed by atoms with Crippen LogP contribution in [0.15, 0.2) is 30.3 Å². The first kappa shape index (κ1) is 17.2. The SMILES string of the molecule is CCOc1cc(CO)c(Cl)cc1OCc1c(Cl)cccc1Cl. The van der Waals surface area contributed by atoms with E-state index in [-0.39, 0.29) is 13.2 Å². The molecular weight excluding hydrogens is 347 g/mol. The summed E-state index contributed by atoms with van der Waals surface area (Å²) in [5.74, 6) is 0.985. The van der Waals surface area contributed by atoms with Crippen LogP contribution in [0.1, 0.15) is 18.1 Å². The third-order valence-electron chi connectivity index (χ3n) is 3.02. The molecule has 22 heavy (non-hydrogen) atoms. The summed E-state index contributed by atoms with van der Waals surface area (Å²) >= 11 is 18.3. The Hall–Kier alpha value is -1.13. The van der Waals surface area contributed by atoms with Crippen molar-refractivity contribution in [2.24, 2.45) is 0 Å². The van der Waals surface area contributed by atoms with Crippen LogP contribution in [0.5, 0.6) is 11.5 Å². The molecule has 0 radical (unpaired) electrons. The van der Waals surface area contributed by atoms with Gasteiger partial charge in [0.2, 0.25) is 0 Å². The molecular formula is C16H15Cl3O3. The molecule has 1 N–H and O–H groups in total. The number of aliphatic hydroxyl groups excluding tert-OH is 1. The van der Waals surface area contributed by atoms with Crippen molar-refractivity contribution >= 4 is 34.8 Å². The van der Waals surface area contributed by atoms with Gasteiger partial charge in [-0.25, -0.2) is 0 Å². The molecule has 0 saturated heterocycles. The highest BCUT2D eigenvalue weighted by Crippen LogP contribution is 2.35. The van der Waals surface area contributed by atoms with Crippen molar-refractivity contribution in [3.8, 4) is 11.5 Å². The Labute approximate surface area is 144 Å². The second-order valence-electron chi connectivity index (χ2n) is 4.47. The van der Waals surface area contributed by atoms with Gasteiger partial charge >= 0.3 is 0 Å². The van der Waals surface area contributed by atoms with Crippen LogP contribution in [0, 0.1) is 0 Å². The summed E-state index contributed by atoms with van der Waals surface area (Å²) in [6.07, 6.45) is 0. The Morgan fingerprint density at radius 1 is 0.955 bits per heavy atom. The van der Waals surface area contributed by atoms with E-state index in [1.54, 1.807) is 30.3 Å². The average Bonchev–Trinajstić information content (AvgIpc) is 2.49. The highest BCUT2D eigenvalue weighted by molar-refractivity contribution is 6.36. The Morgan fingerprint density at radius 3 is 2.18 bits per heavy atom. The van der Waals surface area contributed by atoms with Gasteiger partial charge in [0.25, 0.3) is 0 Å². The lowest BCUT2D eigenvalue weighted by atomic mass is 10.2. The third kappa shape index (κ3) is 3.99. The molecule has 0 saturated carbocycles. The van der Waals surface area contributed by atoms with Gasteiger partial charge in [0, 0.05) is 21.7 Å². The van der Waals surface area contributed by atoms with Crippen LogP contribution in [-0.4, -0.2) is 11.7 Å². The van der Waals surface area contributed by atoms with Gasteiger partial charge < -0.3 is 14.6 Å². The summed E-state index contributed by atoms with van der Waals surface area (Å²) in [7, 11) is 0. The first-order valence-corrected chi connectivity index (χ1v) is 7.82. The van der Waals surface area contributed by atoms with Gasteiger partial charge in [0.05, 0.1) is 18.2 Å². The van der Waals surface area contributed by atoms with Crippen molar-refractivity contribution in [3.63, 3.8) is 0 Å². The van der Waals surface area contributed by atoms with Crippen LogP contribution < -0.4 is 9.47 Å². The van der Waals surface area contributed by atoms with Crippen LogP contribution in [0.25, 0.3) is 0 Å². The molecule has 0 spiro atoms. The molecule has 0 aliphatic rings. The van der Waals surface area contributed by atoms with Gasteiger partial charge in [-0.1, -0.05) is 40.9 Å². The second-order valence-corrected chi connectivity index (χ2v) is 5.69. The van der Waals surface area contributed by atoms with E-state index in [1.165, 1.54) is 0 Å². The molecule has 118 valence electrons. The molecule has 0 aliphatic heterocycles. The summed E-state index contributed by atoms with van der Waals surface area (Å²) in [6.45, 7) is 2.35. The van der Waals surface area contributed by atoms with E-state index >= 15 is 0 Å². The minimum Gasteiger partial charge on any atom is -0.490 e. The molecule has 2 aromatic rings. The highest BCUT2D eigenvalue weighted by Gasteiger charge is 2.13. The Balaban J connectivity index is 2.27. The van der Waals surface area contributed by atoms with Crippen LogP contribution in [-0.2, 0) is 13.2 Å². The van der Waals surface area contributed by atoms with Crippen molar-refractivity contribution in [3.05, 3.63) is 56.5 Å². The maximum atomic E-state index is 9.27. The van der Waals surface area contributed by atoms with Crippen molar-refractivity contribution < 1.29 is 14.6 Å². The number of hydrogen-bond acceptors (Lipinski definition) is 3. The number of ether oxygens (including phenoxy) is 2. The minimum absolute atomic E-state index is 0.171. The first-order valence-electron chi connectivity index (χ1n) is 6.68. The Bertz CT molecular complexity index is 639. The van der Waals surface area contributed by atoms with Crippen LogP contribution in [0.2, 0.25) is 15.1 Å². The number of halogens is 3. The predicted octanol–water partition coefficient (Wildman–Crippen LogP) is 5.12. The summed E-state index contributed by atoms with van der Waals surface area (Å²) < 4.78 is 11.3. The quantitative estimate of drug-likeness (QED) is 0.776. The normalized spacial score (nSPS) is 10.6. The lowest BCUT2D eigenvalue weighted by Crippen LogP contribution is -2.02. The summed E-state index contributed by atoms with van der Waals surface area (Å²) in [5.41, 5.74) is 1.27. The molecule has 0 unspecified atom stereocenters. The Kier molecular flexibility index (Phi) is 6.21. The Morgan fingerprint density at radius 2 is 1.59 bits per heavy atom. The summed E-state index contributed by atoms with van der Waals surface area (Å²) in [6, 6.07) is 8.54. The summed E-state index contributed by atoms with van der Waals surface area (Å²) in [4.78, 5) is 0. The standard InChI is InChI=1S/C16H15Cl3O3/c1-2-21-15-6-10(8-20)14(19)7-16(15)22-9-11-12(17)4-3-5-13(11)18/h3-7,20H,2,8-9H2,1H3. The monoisotopic (exact) mass is 360 g/mol. The molecule has 0 heterocycles. The van der Waals surface area contributed by atoms with E-state index in [1.807, 2.05) is 6.92 Å². The second kappa shape index (κ2) is 7.93. The molecule has 2 aromatic carbocycles. The fourth-order valence-corrected chi connectivity index (χ4v) is 2.62. The van der Waals surface area contributed by atoms with E-state index in [9.17, 15) is 5.11 Å². The van der Waals surface area contributed by atoms with E-state index < -0.39 is 0 Å². The number of benzene rings is 2. The zero-order valence-electron chi connectivity index (χ0n) is 11.9. The molecule has 3 nitrogen and oxygen atoms in total. The number of aliphatic hydroxyl groups is 1. The van der Waals surface area contributed by atoms with Gasteiger partial charge in [0.15, 0.2) is 11.5 Å². The maximum Gasteiger partial charge on any atom is 0.163 e. The van der Waals surface area contributed by atoms with Gasteiger partial charge in [-0.15, -0.1) is 0 Å². The zero-order chi connectivity index (χ0) is 16.1. The van der Waals surface area contributed by atoms with Crippen molar-refractivity contribution in [2.75, 3.05) is 6.61 Å². The largest absolute Gasteiger partial charge is 0.490 e. The van der Waals surface area contributed by atoms with Crippen LogP contribution >= 0.6 is 34.8 Å². The lowest BCUT2D eigenvalue weighted by Gasteiger charge is -2.15. The van der Waals surface area contributed by atoms with Gasteiger partial charge in [-0.05, 0) is 30.7 Å². The fourth-order valence-electron chi connectivity index (χ4n) is 1.90. The van der Waals surface area contributed by atoms with Crippen molar-refractivity contribution in [1.82, 2.24) is 0 Å². The molecule has 6 heteroatoms. The molecule has 2 rings (SSSR count). The highest BCUT2D eigenvalue weighted by atomic mass is 35.5. The van der Waals surface area contributed by atoms with Crippen molar-refractivity contribution in [1.29, 1.82) is 0 Å². The topological polar surface area (TPSA) is 38.7 Å². The smallest absolute Gasteiger partial charge is 0.163 e. The third-order valence-corrected chi connectivity index (χ3v) is 4.08. The molecule has 0 aromatic heterocycles. The molecule has 0 fully saturated rings. The van der Waals surface area contributed by atoms with E-state index in [0.717, 1.165) is 0 Å². The molecule has 0 atom stereocenters. The van der Waals surface area contributed by atoms with Crippen LogP contribution in [0.4, 0.5) is 0 Å². The molecule has 0 bridgehead atoms. The average molecular weight is 362 g/mol. The van der Waals surface area contributed by atoms with Gasteiger partial charge in [0.1, 0.15) is 6.61 Å². The lowest BCUT2D eigenvalue weighted by molar-refractivity contribution is 0.264. The maximum absolute atomic E-state index is 9.27. The number of rotatable bonds is 6. The van der Waals surface area contributed by atoms with Crippen molar-refractivity contribution in [2.45, 2.75) is 20.1 Å². The van der Waals surface area contributed by atoms with Gasteiger partial charge in [-0.3, -0.25) is 0 Å². The van der Waals surface area contributed by atoms with Crippen LogP contribution in [0.3, 0.4) is 0 Å². The van der Waals surface area contributed by atoms with E-state index in [2.05, 4.69) is 0 Å². The zero-order valence-corrected chi connectivity index (χ0v) is 14.2. The molecule has 0 amide bonds. The van der Waals surface area contributed by atoms with E-state index in [0.29, 0.717) is 44.3 Å². The summed E-state index contributed by atoms with van der Waals surface area (Å²) in [5, 5.41) is 10.7. The minimum atomic E-state index is -0.171. The predicted molar refractivity (Wildman–Crippen MR) is 89.3 cm³/mol. The van der Waals surface area contributed by atoms with E-state index in [4.69, 9.17) is 44.3 Å².